The first-order chi connectivity index (χ1) is 15.6. The average molecular weight is 428 g/mol. The number of methoxy groups -OCH3 is 1. The van der Waals surface area contributed by atoms with Crippen LogP contribution in [-0.4, -0.2) is 24.2 Å². The predicted octanol–water partition coefficient (Wildman–Crippen LogP) is 5.48. The third-order valence-corrected chi connectivity index (χ3v) is 6.40. The van der Waals surface area contributed by atoms with Crippen LogP contribution in [0, 0.1) is 5.92 Å². The van der Waals surface area contributed by atoms with Crippen LogP contribution in [0.25, 0.3) is 11.1 Å². The van der Waals surface area contributed by atoms with E-state index in [9.17, 15) is 9.90 Å². The summed E-state index contributed by atoms with van der Waals surface area (Å²) in [5.41, 5.74) is 5.19. The first kappa shape index (κ1) is 20.2. The van der Waals surface area contributed by atoms with Crippen LogP contribution in [0.4, 0.5) is 5.69 Å². The molecule has 3 aromatic carbocycles. The Kier molecular flexibility index (Phi) is 5.31. The summed E-state index contributed by atoms with van der Waals surface area (Å²) in [6.45, 7) is 0.405. The Balaban J connectivity index is 1.33. The molecule has 0 amide bonds. The molecule has 5 heteroatoms. The van der Waals surface area contributed by atoms with Crippen molar-refractivity contribution in [3.63, 3.8) is 0 Å². The molecule has 3 aromatic rings. The Labute approximate surface area is 187 Å². The Hall–Kier alpha value is -3.73. The van der Waals surface area contributed by atoms with Crippen molar-refractivity contribution in [3.8, 4) is 22.6 Å². The lowest BCUT2D eigenvalue weighted by Crippen LogP contribution is -2.41. The Morgan fingerprint density at radius 3 is 2.44 bits per heavy atom. The number of carboxylic acids is 1. The van der Waals surface area contributed by atoms with Crippen LogP contribution in [0.3, 0.4) is 0 Å². The highest BCUT2D eigenvalue weighted by molar-refractivity contribution is 5.82. The van der Waals surface area contributed by atoms with Gasteiger partial charge in [-0.25, -0.2) is 4.79 Å². The van der Waals surface area contributed by atoms with Gasteiger partial charge in [-0.3, -0.25) is 0 Å². The number of anilines is 1. The minimum atomic E-state index is -0.821. The van der Waals surface area contributed by atoms with Crippen LogP contribution in [0.5, 0.6) is 11.5 Å². The van der Waals surface area contributed by atoms with E-state index in [4.69, 9.17) is 9.47 Å². The number of rotatable bonds is 6. The Morgan fingerprint density at radius 2 is 1.75 bits per heavy atom. The molecule has 3 atom stereocenters. The van der Waals surface area contributed by atoms with Crippen molar-refractivity contribution in [3.05, 3.63) is 90.0 Å². The number of fused-ring (bicyclic) bond motifs is 3. The van der Waals surface area contributed by atoms with E-state index < -0.39 is 12.0 Å². The van der Waals surface area contributed by atoms with Crippen molar-refractivity contribution in [2.75, 3.05) is 12.4 Å². The van der Waals surface area contributed by atoms with Gasteiger partial charge in [-0.1, -0.05) is 60.7 Å². The number of hydrogen-bond acceptors (Lipinski definition) is 4. The first-order valence-electron chi connectivity index (χ1n) is 10.8. The van der Waals surface area contributed by atoms with Gasteiger partial charge >= 0.3 is 5.97 Å². The van der Waals surface area contributed by atoms with E-state index in [1.165, 1.54) is 0 Å². The maximum Gasteiger partial charge on any atom is 0.326 e. The predicted molar refractivity (Wildman–Crippen MR) is 124 cm³/mol. The Bertz CT molecular complexity index is 1150. The van der Waals surface area contributed by atoms with Gasteiger partial charge in [0.05, 0.1) is 12.8 Å². The van der Waals surface area contributed by atoms with Crippen LogP contribution >= 0.6 is 0 Å². The number of hydrogen-bond donors (Lipinski definition) is 2. The molecule has 2 aliphatic rings. The second-order valence-corrected chi connectivity index (χ2v) is 8.25. The summed E-state index contributed by atoms with van der Waals surface area (Å²) in [6, 6.07) is 21.6. The molecule has 0 spiro atoms. The zero-order valence-corrected chi connectivity index (χ0v) is 17.8. The zero-order chi connectivity index (χ0) is 22.1. The maximum absolute atomic E-state index is 11.8. The summed E-state index contributed by atoms with van der Waals surface area (Å²) >= 11 is 0. The third kappa shape index (κ3) is 3.71. The molecule has 3 unspecified atom stereocenters. The number of ether oxygens (including phenoxy) is 2. The molecule has 0 fully saturated rings. The lowest BCUT2D eigenvalue weighted by atomic mass is 9.79. The van der Waals surface area contributed by atoms with Crippen LogP contribution in [0.2, 0.25) is 0 Å². The molecule has 162 valence electrons. The van der Waals surface area contributed by atoms with E-state index in [-0.39, 0.29) is 11.8 Å². The third-order valence-electron chi connectivity index (χ3n) is 6.40. The van der Waals surface area contributed by atoms with Gasteiger partial charge < -0.3 is 19.9 Å². The summed E-state index contributed by atoms with van der Waals surface area (Å²) in [6.07, 6.45) is 4.99. The Morgan fingerprint density at radius 1 is 1.03 bits per heavy atom. The second-order valence-electron chi connectivity index (χ2n) is 8.25. The molecule has 1 heterocycles. The molecule has 2 N–H and O–H groups in total. The van der Waals surface area contributed by atoms with Gasteiger partial charge in [0, 0.05) is 11.8 Å². The van der Waals surface area contributed by atoms with Crippen LogP contribution in [-0.2, 0) is 11.4 Å². The second kappa shape index (κ2) is 8.42. The van der Waals surface area contributed by atoms with E-state index in [0.29, 0.717) is 12.4 Å². The summed E-state index contributed by atoms with van der Waals surface area (Å²) in [5, 5.41) is 13.0. The summed E-state index contributed by atoms with van der Waals surface area (Å²) < 4.78 is 11.4. The fraction of sp³-hybridized carbons (Fsp3) is 0.222. The van der Waals surface area contributed by atoms with E-state index in [1.807, 2.05) is 36.4 Å². The van der Waals surface area contributed by atoms with Crippen molar-refractivity contribution in [2.24, 2.45) is 5.92 Å². The molecular formula is C27H25NO4. The largest absolute Gasteiger partial charge is 0.497 e. The molecule has 5 nitrogen and oxygen atoms in total. The van der Waals surface area contributed by atoms with Crippen molar-refractivity contribution in [1.29, 1.82) is 0 Å². The maximum atomic E-state index is 11.8. The van der Waals surface area contributed by atoms with E-state index in [2.05, 4.69) is 47.8 Å². The molecule has 1 aliphatic carbocycles. The van der Waals surface area contributed by atoms with Crippen LogP contribution in [0.15, 0.2) is 78.9 Å². The monoisotopic (exact) mass is 427 g/mol. The molecule has 0 bridgehead atoms. The first-order valence-corrected chi connectivity index (χ1v) is 10.8. The van der Waals surface area contributed by atoms with Crippen molar-refractivity contribution < 1.29 is 19.4 Å². The van der Waals surface area contributed by atoms with Crippen LogP contribution < -0.4 is 14.8 Å². The van der Waals surface area contributed by atoms with Crippen molar-refractivity contribution in [2.45, 2.75) is 25.0 Å². The summed E-state index contributed by atoms with van der Waals surface area (Å²) in [5.74, 6) is 0.855. The lowest BCUT2D eigenvalue weighted by molar-refractivity contribution is -0.139. The minimum Gasteiger partial charge on any atom is -0.497 e. The topological polar surface area (TPSA) is 67.8 Å². The molecule has 0 aromatic heterocycles. The number of carbonyl (C=O) groups is 1. The number of carboxylic acid groups (broad SMARTS) is 1. The zero-order valence-electron chi connectivity index (χ0n) is 17.8. The lowest BCUT2D eigenvalue weighted by Gasteiger charge is -2.35. The number of aliphatic carboxylic acids is 1. The van der Waals surface area contributed by atoms with Crippen LogP contribution in [0.1, 0.15) is 23.5 Å². The number of allylic oxidation sites excluding steroid dienone is 2. The fourth-order valence-electron chi connectivity index (χ4n) is 4.70. The van der Waals surface area contributed by atoms with E-state index in [1.54, 1.807) is 7.11 Å². The summed E-state index contributed by atoms with van der Waals surface area (Å²) in [7, 11) is 1.66. The van der Waals surface area contributed by atoms with E-state index in [0.717, 1.165) is 40.1 Å². The van der Waals surface area contributed by atoms with Gasteiger partial charge in [-0.05, 0) is 46.9 Å². The van der Waals surface area contributed by atoms with Crippen molar-refractivity contribution >= 4 is 11.7 Å². The normalized spacial score (nSPS) is 20.7. The van der Waals surface area contributed by atoms with Gasteiger partial charge in [0.15, 0.2) is 0 Å². The van der Waals surface area contributed by atoms with Gasteiger partial charge in [-0.15, -0.1) is 0 Å². The fourth-order valence-corrected chi connectivity index (χ4v) is 4.70. The average Bonchev–Trinajstić information content (AvgIpc) is 3.33. The standard InChI is InChI=1S/C27H25NO4/c1-31-20-14-12-19(13-15-20)18-10-8-17(9-11-18)16-32-24-7-3-6-22-21-4-2-5-23(21)26(27(29)30)28-25(22)24/h2-4,6-15,21,23,26,28H,5,16H2,1H3,(H,29,30). The minimum absolute atomic E-state index is 0.0424. The molecule has 0 radical (unpaired) electrons. The number of benzene rings is 3. The summed E-state index contributed by atoms with van der Waals surface area (Å²) in [4.78, 5) is 11.8. The van der Waals surface area contributed by atoms with Gasteiger partial charge in [0.25, 0.3) is 0 Å². The van der Waals surface area contributed by atoms with Gasteiger partial charge in [0.2, 0.25) is 0 Å². The molecule has 32 heavy (non-hydrogen) atoms. The molecule has 0 saturated heterocycles. The quantitative estimate of drug-likeness (QED) is 0.510. The molecule has 1 aliphatic heterocycles. The smallest absolute Gasteiger partial charge is 0.326 e. The molecule has 5 rings (SSSR count). The highest BCUT2D eigenvalue weighted by Crippen LogP contribution is 2.47. The van der Waals surface area contributed by atoms with Gasteiger partial charge in [0.1, 0.15) is 24.1 Å². The number of para-hydroxylation sites is 1. The highest BCUT2D eigenvalue weighted by atomic mass is 16.5. The van der Waals surface area contributed by atoms with Crippen molar-refractivity contribution in [1.82, 2.24) is 0 Å². The highest BCUT2D eigenvalue weighted by Gasteiger charge is 2.41. The number of nitrogens with one attached hydrogen (secondary N) is 1. The molecule has 0 saturated carbocycles. The SMILES string of the molecule is COc1ccc(-c2ccc(COc3cccc4c3NC(C(=O)O)C3CC=CC43)cc2)cc1. The van der Waals surface area contributed by atoms with E-state index >= 15 is 0 Å². The molecular weight excluding hydrogens is 402 g/mol. The van der Waals surface area contributed by atoms with Gasteiger partial charge in [-0.2, -0.15) is 0 Å².